The topological polar surface area (TPSA) is 51.5 Å². The highest BCUT2D eigenvalue weighted by molar-refractivity contribution is 4.98. The highest BCUT2D eigenvalue weighted by Gasteiger charge is 2.18. The number of methoxy groups -OCH3 is 1. The van der Waals surface area contributed by atoms with Crippen molar-refractivity contribution in [2.45, 2.75) is 19.2 Å². The quantitative estimate of drug-likeness (QED) is 0.703. The fourth-order valence-electron chi connectivity index (χ4n) is 2.25. The summed E-state index contributed by atoms with van der Waals surface area (Å²) in [6.45, 7) is 6.07. The molecule has 19 heavy (non-hydrogen) atoms. The number of imidazole rings is 1. The number of hydrogen-bond donors (Lipinski definition) is 1. The van der Waals surface area contributed by atoms with Crippen molar-refractivity contribution in [3.63, 3.8) is 0 Å². The van der Waals surface area contributed by atoms with Crippen molar-refractivity contribution in [2.75, 3.05) is 47.0 Å². The zero-order chi connectivity index (χ0) is 13.5. The van der Waals surface area contributed by atoms with E-state index in [1.807, 2.05) is 12.5 Å². The first-order chi connectivity index (χ1) is 9.29. The zero-order valence-electron chi connectivity index (χ0n) is 11.8. The number of hydrogen-bond acceptors (Lipinski definition) is 5. The molecule has 2 rings (SSSR count). The maximum atomic E-state index is 5.79. The van der Waals surface area contributed by atoms with Gasteiger partial charge in [0.1, 0.15) is 0 Å². The molecular weight excluding hydrogens is 244 g/mol. The molecule has 1 fully saturated rings. The van der Waals surface area contributed by atoms with Crippen LogP contribution in [0.2, 0.25) is 0 Å². The predicted molar refractivity (Wildman–Crippen MR) is 73.0 cm³/mol. The molecule has 1 unspecified atom stereocenters. The smallest absolute Gasteiger partial charge is 0.0949 e. The van der Waals surface area contributed by atoms with Crippen LogP contribution in [0.5, 0.6) is 0 Å². The van der Waals surface area contributed by atoms with Crippen molar-refractivity contribution in [3.05, 3.63) is 18.2 Å². The molecular formula is C13H24N4O2. The summed E-state index contributed by atoms with van der Waals surface area (Å²) < 4.78 is 13.0. The van der Waals surface area contributed by atoms with Crippen molar-refractivity contribution >= 4 is 0 Å². The lowest BCUT2D eigenvalue weighted by Gasteiger charge is -2.30. The molecule has 1 N–H and O–H groups in total. The lowest BCUT2D eigenvalue weighted by Crippen LogP contribution is -2.42. The van der Waals surface area contributed by atoms with Crippen LogP contribution < -0.4 is 5.32 Å². The van der Waals surface area contributed by atoms with Crippen LogP contribution in [0.25, 0.3) is 0 Å². The van der Waals surface area contributed by atoms with E-state index < -0.39 is 0 Å². The van der Waals surface area contributed by atoms with E-state index in [1.165, 1.54) is 5.69 Å². The largest absolute Gasteiger partial charge is 0.383 e. The number of aromatic nitrogens is 2. The van der Waals surface area contributed by atoms with E-state index in [-0.39, 0.29) is 6.10 Å². The number of nitrogens with one attached hydrogen (secondary N) is 1. The van der Waals surface area contributed by atoms with Crippen molar-refractivity contribution in [3.8, 4) is 0 Å². The van der Waals surface area contributed by atoms with Crippen LogP contribution in [-0.2, 0) is 22.6 Å². The molecule has 0 aliphatic carbocycles. The number of likely N-dealkylation sites (N-methyl/N-ethyl adjacent to an activating group) is 1. The van der Waals surface area contributed by atoms with Crippen LogP contribution in [0.15, 0.2) is 12.5 Å². The van der Waals surface area contributed by atoms with Crippen LogP contribution in [0.4, 0.5) is 0 Å². The summed E-state index contributed by atoms with van der Waals surface area (Å²) in [6, 6.07) is 0. The van der Waals surface area contributed by atoms with Gasteiger partial charge in [0.2, 0.25) is 0 Å². The molecule has 1 aliphatic rings. The minimum Gasteiger partial charge on any atom is -0.383 e. The molecule has 0 spiro atoms. The molecule has 0 amide bonds. The van der Waals surface area contributed by atoms with Crippen LogP contribution in [0.1, 0.15) is 5.69 Å². The number of morpholine rings is 1. The molecule has 0 bridgehead atoms. The van der Waals surface area contributed by atoms with E-state index >= 15 is 0 Å². The van der Waals surface area contributed by atoms with E-state index in [2.05, 4.69) is 26.8 Å². The highest BCUT2D eigenvalue weighted by atomic mass is 16.5. The Morgan fingerprint density at radius 2 is 2.47 bits per heavy atom. The average Bonchev–Trinajstić information content (AvgIpc) is 2.82. The van der Waals surface area contributed by atoms with Crippen LogP contribution in [0.3, 0.4) is 0 Å². The van der Waals surface area contributed by atoms with E-state index in [0.29, 0.717) is 0 Å². The van der Waals surface area contributed by atoms with Crippen molar-refractivity contribution in [1.82, 2.24) is 19.8 Å². The van der Waals surface area contributed by atoms with Crippen LogP contribution >= 0.6 is 0 Å². The maximum absolute atomic E-state index is 5.79. The Labute approximate surface area is 114 Å². The molecule has 0 radical (unpaired) electrons. The first-order valence-electron chi connectivity index (χ1n) is 6.78. The average molecular weight is 268 g/mol. The highest BCUT2D eigenvalue weighted by Crippen LogP contribution is 2.08. The molecule has 1 atom stereocenters. The fourth-order valence-corrected chi connectivity index (χ4v) is 2.25. The summed E-state index contributed by atoms with van der Waals surface area (Å²) in [5.41, 5.74) is 1.19. The summed E-state index contributed by atoms with van der Waals surface area (Å²) in [5, 5.41) is 3.34. The maximum Gasteiger partial charge on any atom is 0.0949 e. The summed E-state index contributed by atoms with van der Waals surface area (Å²) in [4.78, 5) is 6.54. The normalized spacial score (nSPS) is 20.8. The second-order valence-corrected chi connectivity index (χ2v) is 4.96. The van der Waals surface area contributed by atoms with Gasteiger partial charge in [0.15, 0.2) is 0 Å². The number of nitrogens with zero attached hydrogens (tertiary/aromatic N) is 3. The Balaban J connectivity index is 1.81. The van der Waals surface area contributed by atoms with Gasteiger partial charge in [-0.25, -0.2) is 4.98 Å². The number of ether oxygens (including phenoxy) is 2. The zero-order valence-corrected chi connectivity index (χ0v) is 11.8. The third kappa shape index (κ3) is 4.58. The van der Waals surface area contributed by atoms with Gasteiger partial charge in [0, 0.05) is 39.5 Å². The molecule has 0 saturated carbocycles. The summed E-state index contributed by atoms with van der Waals surface area (Å²) in [5.74, 6) is 0. The molecule has 0 aromatic carbocycles. The lowest BCUT2D eigenvalue weighted by molar-refractivity contribution is -0.0278. The molecule has 1 aliphatic heterocycles. The second kappa shape index (κ2) is 7.59. The summed E-state index contributed by atoms with van der Waals surface area (Å²) in [7, 11) is 3.85. The van der Waals surface area contributed by atoms with Gasteiger partial charge in [-0.2, -0.15) is 0 Å². The molecule has 1 aromatic rings. The molecule has 108 valence electrons. The molecule has 6 heteroatoms. The van der Waals surface area contributed by atoms with E-state index in [0.717, 1.165) is 45.9 Å². The SMILES string of the molecule is COCCNCc1cncn1CC1CN(C)CCO1. The summed E-state index contributed by atoms with van der Waals surface area (Å²) >= 11 is 0. The van der Waals surface area contributed by atoms with Crippen molar-refractivity contribution in [1.29, 1.82) is 0 Å². The van der Waals surface area contributed by atoms with Crippen molar-refractivity contribution in [2.24, 2.45) is 0 Å². The molecule has 1 aromatic heterocycles. The lowest BCUT2D eigenvalue weighted by atomic mass is 10.2. The van der Waals surface area contributed by atoms with Gasteiger partial charge in [-0.1, -0.05) is 0 Å². The second-order valence-electron chi connectivity index (χ2n) is 4.96. The molecule has 1 saturated heterocycles. The summed E-state index contributed by atoms with van der Waals surface area (Å²) in [6.07, 6.45) is 4.04. The minimum absolute atomic E-state index is 0.255. The fraction of sp³-hybridized carbons (Fsp3) is 0.769. The monoisotopic (exact) mass is 268 g/mol. The van der Waals surface area contributed by atoms with Gasteiger partial charge in [0.25, 0.3) is 0 Å². The Morgan fingerprint density at radius 3 is 3.26 bits per heavy atom. The van der Waals surface area contributed by atoms with Gasteiger partial charge in [-0.3, -0.25) is 0 Å². The Morgan fingerprint density at radius 1 is 1.58 bits per heavy atom. The first kappa shape index (κ1) is 14.5. The van der Waals surface area contributed by atoms with Crippen molar-refractivity contribution < 1.29 is 9.47 Å². The van der Waals surface area contributed by atoms with E-state index in [4.69, 9.17) is 9.47 Å². The van der Waals surface area contributed by atoms with Gasteiger partial charge < -0.3 is 24.3 Å². The molecule has 6 nitrogen and oxygen atoms in total. The third-order valence-corrected chi connectivity index (χ3v) is 3.33. The first-order valence-corrected chi connectivity index (χ1v) is 6.78. The minimum atomic E-state index is 0.255. The van der Waals surface area contributed by atoms with Gasteiger partial charge >= 0.3 is 0 Å². The van der Waals surface area contributed by atoms with Crippen LogP contribution in [0, 0.1) is 0 Å². The van der Waals surface area contributed by atoms with Gasteiger partial charge in [-0.15, -0.1) is 0 Å². The Kier molecular flexibility index (Phi) is 5.78. The predicted octanol–water partition coefficient (Wildman–Crippen LogP) is -0.0503. The molecule has 2 heterocycles. The Bertz CT molecular complexity index is 369. The number of rotatable bonds is 7. The van der Waals surface area contributed by atoms with Crippen LogP contribution in [-0.4, -0.2) is 67.6 Å². The Hall–Kier alpha value is -0.950. The van der Waals surface area contributed by atoms with Gasteiger partial charge in [-0.05, 0) is 7.05 Å². The van der Waals surface area contributed by atoms with E-state index in [9.17, 15) is 0 Å². The van der Waals surface area contributed by atoms with E-state index in [1.54, 1.807) is 7.11 Å². The standard InChI is InChI=1S/C13H24N4O2/c1-16-4-6-19-13(9-16)10-17-11-15-8-12(17)7-14-3-5-18-2/h8,11,13-14H,3-7,9-10H2,1-2H3. The third-order valence-electron chi connectivity index (χ3n) is 3.33. The van der Waals surface area contributed by atoms with Gasteiger partial charge in [0.05, 0.1) is 37.9 Å².